The van der Waals surface area contributed by atoms with Crippen LogP contribution < -0.4 is 31.9 Å². The number of anilines is 2. The van der Waals surface area contributed by atoms with Crippen LogP contribution in [0.5, 0.6) is 0 Å². The highest BCUT2D eigenvalue weighted by Gasteiger charge is 2.23. The van der Waals surface area contributed by atoms with Gasteiger partial charge in [0.25, 0.3) is 23.6 Å². The van der Waals surface area contributed by atoms with Crippen LogP contribution >= 0.6 is 0 Å². The van der Waals surface area contributed by atoms with E-state index in [1.165, 1.54) is 24.3 Å². The minimum atomic E-state index is -1.15. The first kappa shape index (κ1) is 45.8. The van der Waals surface area contributed by atoms with Crippen molar-refractivity contribution in [1.82, 2.24) is 21.3 Å². The summed E-state index contributed by atoms with van der Waals surface area (Å²) >= 11 is 0. The van der Waals surface area contributed by atoms with Gasteiger partial charge in [0.15, 0.2) is 0 Å². The van der Waals surface area contributed by atoms with Crippen LogP contribution in [0.25, 0.3) is 0 Å². The van der Waals surface area contributed by atoms with Gasteiger partial charge in [-0.2, -0.15) is 0 Å². The number of aliphatic hydroxyl groups is 7. The molecule has 0 spiro atoms. The number of nitrogens with one attached hydrogen (secondary N) is 6. The van der Waals surface area contributed by atoms with Gasteiger partial charge in [0.1, 0.15) is 0 Å². The molecule has 0 aliphatic carbocycles. The summed E-state index contributed by atoms with van der Waals surface area (Å²) < 4.78 is 5.73. The number of aliphatic hydroxyl groups excluding tert-OH is 7. The fourth-order valence-corrected chi connectivity index (χ4v) is 4.82. The molecule has 0 saturated carbocycles. The molecule has 13 N–H and O–H groups in total. The SMILES string of the molecule is CC(C)(C)Nc1cc(C(=O)NCC(O)CO)cc(C(=O)NCC(O)COCC(C)(C)Nc2cc(C(=O)NC(CO)CO)cc(C(=O)NC(CO)CO)c2)c1. The first-order valence-corrected chi connectivity index (χ1v) is 17.4. The molecular weight excluding hydrogens is 708 g/mol. The first-order chi connectivity index (χ1) is 25.3. The average molecular weight is 765 g/mol. The minimum Gasteiger partial charge on any atom is -0.394 e. The largest absolute Gasteiger partial charge is 0.394 e. The van der Waals surface area contributed by atoms with Gasteiger partial charge in [-0.05, 0) is 71.0 Å². The van der Waals surface area contributed by atoms with Crippen molar-refractivity contribution in [3.63, 3.8) is 0 Å². The molecule has 0 radical (unpaired) electrons. The lowest BCUT2D eigenvalue weighted by atomic mass is 10.0. The number of carbonyl (C=O) groups is 4. The van der Waals surface area contributed by atoms with Crippen molar-refractivity contribution in [2.75, 3.05) is 70.0 Å². The molecule has 0 aromatic heterocycles. The van der Waals surface area contributed by atoms with Crippen LogP contribution in [0.4, 0.5) is 11.4 Å². The summed E-state index contributed by atoms with van der Waals surface area (Å²) in [5, 5.41) is 83.2. The van der Waals surface area contributed by atoms with Gasteiger partial charge in [0.05, 0.1) is 76.1 Å². The van der Waals surface area contributed by atoms with Gasteiger partial charge in [0, 0.05) is 52.3 Å². The highest BCUT2D eigenvalue weighted by Crippen LogP contribution is 2.22. The Labute approximate surface area is 314 Å². The van der Waals surface area contributed by atoms with Gasteiger partial charge in [-0.15, -0.1) is 0 Å². The van der Waals surface area contributed by atoms with E-state index in [-0.39, 0.29) is 48.6 Å². The Balaban J connectivity index is 2.11. The summed E-state index contributed by atoms with van der Waals surface area (Å²) in [5.74, 6) is -2.51. The fraction of sp³-hybridized carbons (Fsp3) is 0.556. The van der Waals surface area contributed by atoms with Crippen molar-refractivity contribution in [3.8, 4) is 0 Å². The van der Waals surface area contributed by atoms with Crippen molar-refractivity contribution in [3.05, 3.63) is 58.7 Å². The third kappa shape index (κ3) is 15.9. The second-order valence-electron chi connectivity index (χ2n) is 14.5. The molecule has 54 heavy (non-hydrogen) atoms. The molecule has 2 atom stereocenters. The predicted molar refractivity (Wildman–Crippen MR) is 199 cm³/mol. The molecule has 0 heterocycles. The topological polar surface area (TPSA) is 291 Å². The number of rotatable bonds is 22. The molecule has 0 saturated heterocycles. The molecule has 2 aromatic carbocycles. The van der Waals surface area contributed by atoms with Gasteiger partial charge in [-0.1, -0.05) is 0 Å². The Bertz CT molecular complexity index is 1500. The number of ether oxygens (including phenoxy) is 1. The summed E-state index contributed by atoms with van der Waals surface area (Å²) in [6, 6.07) is 6.74. The van der Waals surface area contributed by atoms with Crippen molar-refractivity contribution in [1.29, 1.82) is 0 Å². The van der Waals surface area contributed by atoms with Crippen LogP contribution in [0.3, 0.4) is 0 Å². The van der Waals surface area contributed by atoms with E-state index in [2.05, 4.69) is 31.9 Å². The lowest BCUT2D eigenvalue weighted by molar-refractivity contribution is 0.0235. The summed E-state index contributed by atoms with van der Waals surface area (Å²) in [5.41, 5.74) is -0.177. The first-order valence-electron chi connectivity index (χ1n) is 17.4. The highest BCUT2D eigenvalue weighted by molar-refractivity contribution is 6.02. The molecular formula is C36H56N6O12. The zero-order valence-corrected chi connectivity index (χ0v) is 31.3. The maximum Gasteiger partial charge on any atom is 0.251 e. The number of carbonyl (C=O) groups excluding carboxylic acids is 4. The van der Waals surface area contributed by atoms with Crippen LogP contribution in [0.15, 0.2) is 36.4 Å². The van der Waals surface area contributed by atoms with Crippen molar-refractivity contribution >= 4 is 35.0 Å². The maximum absolute atomic E-state index is 13.1. The summed E-state index contributed by atoms with van der Waals surface area (Å²) in [7, 11) is 0. The Hall–Kier alpha value is -4.40. The Morgan fingerprint density at radius 3 is 1.35 bits per heavy atom. The van der Waals surface area contributed by atoms with E-state index in [0.29, 0.717) is 11.4 Å². The summed E-state index contributed by atoms with van der Waals surface area (Å²) in [6.45, 7) is 6.01. The maximum atomic E-state index is 13.1. The van der Waals surface area contributed by atoms with Crippen LogP contribution in [0.1, 0.15) is 76.1 Å². The molecule has 2 rings (SSSR count). The number of hydrogen-bond acceptors (Lipinski definition) is 14. The van der Waals surface area contributed by atoms with Gasteiger partial charge in [0.2, 0.25) is 0 Å². The van der Waals surface area contributed by atoms with Crippen molar-refractivity contribution in [2.45, 2.75) is 70.0 Å². The van der Waals surface area contributed by atoms with Crippen LogP contribution in [0, 0.1) is 0 Å². The number of hydrogen-bond donors (Lipinski definition) is 13. The van der Waals surface area contributed by atoms with E-state index in [1.807, 2.05) is 20.8 Å². The van der Waals surface area contributed by atoms with Gasteiger partial charge >= 0.3 is 0 Å². The van der Waals surface area contributed by atoms with Gasteiger partial charge in [-0.25, -0.2) is 0 Å². The van der Waals surface area contributed by atoms with Gasteiger partial charge < -0.3 is 72.4 Å². The highest BCUT2D eigenvalue weighted by atomic mass is 16.5. The van der Waals surface area contributed by atoms with Crippen molar-refractivity contribution in [2.24, 2.45) is 0 Å². The van der Waals surface area contributed by atoms with Crippen LogP contribution in [0.2, 0.25) is 0 Å². The Morgan fingerprint density at radius 2 is 0.963 bits per heavy atom. The van der Waals surface area contributed by atoms with Crippen LogP contribution in [-0.2, 0) is 4.74 Å². The Morgan fingerprint density at radius 1 is 0.574 bits per heavy atom. The molecule has 18 nitrogen and oxygen atoms in total. The second-order valence-corrected chi connectivity index (χ2v) is 14.5. The molecule has 0 aliphatic heterocycles. The van der Waals surface area contributed by atoms with E-state index in [4.69, 9.17) is 9.84 Å². The third-order valence-electron chi connectivity index (χ3n) is 7.45. The fourth-order valence-electron chi connectivity index (χ4n) is 4.82. The summed E-state index contributed by atoms with van der Waals surface area (Å²) in [4.78, 5) is 51.7. The van der Waals surface area contributed by atoms with E-state index >= 15 is 0 Å². The molecule has 4 amide bonds. The number of benzene rings is 2. The van der Waals surface area contributed by atoms with E-state index in [1.54, 1.807) is 26.0 Å². The lowest BCUT2D eigenvalue weighted by Crippen LogP contribution is -2.41. The molecule has 2 aromatic rings. The van der Waals surface area contributed by atoms with Crippen molar-refractivity contribution < 1.29 is 59.7 Å². The van der Waals surface area contributed by atoms with E-state index < -0.39 is 92.0 Å². The zero-order valence-electron chi connectivity index (χ0n) is 31.3. The quantitative estimate of drug-likeness (QED) is 0.0627. The molecule has 18 heteroatoms. The normalized spacial score (nSPS) is 12.9. The number of amides is 4. The molecule has 2 unspecified atom stereocenters. The molecule has 0 aliphatic rings. The zero-order chi connectivity index (χ0) is 40.6. The molecule has 0 bridgehead atoms. The van der Waals surface area contributed by atoms with Crippen LogP contribution in [-0.4, -0.2) is 154 Å². The monoisotopic (exact) mass is 764 g/mol. The molecule has 0 fully saturated rings. The van der Waals surface area contributed by atoms with E-state index in [0.717, 1.165) is 0 Å². The predicted octanol–water partition coefficient (Wildman–Crippen LogP) is -1.86. The third-order valence-corrected chi connectivity index (χ3v) is 7.45. The Kier molecular flexibility index (Phi) is 18.2. The molecule has 302 valence electrons. The lowest BCUT2D eigenvalue weighted by Gasteiger charge is -2.28. The van der Waals surface area contributed by atoms with Gasteiger partial charge in [-0.3, -0.25) is 19.2 Å². The average Bonchev–Trinajstić information content (AvgIpc) is 3.12. The smallest absolute Gasteiger partial charge is 0.251 e. The summed E-state index contributed by atoms with van der Waals surface area (Å²) in [6.07, 6.45) is -2.28. The minimum absolute atomic E-state index is 0.00806. The second kappa shape index (κ2) is 21.5. The standard InChI is InChI=1S/C36H56N6O12/c1-35(2,3)41-25-8-21(31(50)37-12-29(48)18-47)6-22(9-25)32(51)38-13-30(49)19-54-20-36(4,5)42-26-10-23(33(52)39-27(14-43)15-44)7-24(11-26)34(53)40-28(16-45)17-46/h6-11,27-30,41-49H,12-20H2,1-5H3,(H,37,50)(H,38,51)(H,39,52)(H,40,53). The van der Waals surface area contributed by atoms with E-state index in [9.17, 15) is 49.8 Å².